The van der Waals surface area contributed by atoms with Crippen LogP contribution in [-0.4, -0.2) is 20.6 Å². The van der Waals surface area contributed by atoms with Gasteiger partial charge in [0.1, 0.15) is 5.69 Å². The number of hydrogen-bond donors (Lipinski definition) is 1. The van der Waals surface area contributed by atoms with E-state index in [-0.39, 0.29) is 23.1 Å². The minimum atomic E-state index is -0.613. The molecule has 0 aliphatic rings. The van der Waals surface area contributed by atoms with Crippen molar-refractivity contribution in [3.8, 4) is 5.69 Å². The molecule has 0 saturated heterocycles. The average molecular weight is 398 g/mol. The van der Waals surface area contributed by atoms with Crippen LogP contribution < -0.4 is 10.7 Å². The normalized spacial score (nSPS) is 11.8. The Balaban J connectivity index is 2.02. The van der Waals surface area contributed by atoms with Crippen molar-refractivity contribution in [2.45, 2.75) is 26.3 Å². The van der Waals surface area contributed by atoms with Gasteiger partial charge in [0, 0.05) is 22.7 Å². The van der Waals surface area contributed by atoms with Crippen molar-refractivity contribution in [2.75, 3.05) is 0 Å². The van der Waals surface area contributed by atoms with Crippen LogP contribution in [0.2, 0.25) is 0 Å². The highest BCUT2D eigenvalue weighted by atomic mass is 32.1. The monoisotopic (exact) mass is 398 g/mol. The van der Waals surface area contributed by atoms with Crippen LogP contribution in [0, 0.1) is 17.0 Å². The smallest absolute Gasteiger partial charge is 0.294 e. The number of para-hydroxylation sites is 2. The quantitative estimate of drug-likeness (QED) is 0.506. The maximum atomic E-state index is 12.7. The number of thiophene rings is 1. The van der Waals surface area contributed by atoms with Crippen molar-refractivity contribution in [3.63, 3.8) is 0 Å². The number of aromatic nitrogens is 2. The van der Waals surface area contributed by atoms with Crippen molar-refractivity contribution in [2.24, 2.45) is 0 Å². The lowest BCUT2D eigenvalue weighted by Crippen LogP contribution is -2.34. The third-order valence-electron chi connectivity index (χ3n) is 4.23. The molecule has 28 heavy (non-hydrogen) atoms. The molecule has 0 fully saturated rings. The zero-order valence-electron chi connectivity index (χ0n) is 15.3. The first-order chi connectivity index (χ1) is 13.4. The Morgan fingerprint density at radius 2 is 2.07 bits per heavy atom. The van der Waals surface area contributed by atoms with E-state index in [0.717, 1.165) is 4.88 Å². The zero-order chi connectivity index (χ0) is 20.3. The molecule has 144 valence electrons. The molecule has 1 amide bonds. The van der Waals surface area contributed by atoms with Crippen molar-refractivity contribution in [3.05, 3.63) is 84.4 Å². The molecule has 0 bridgehead atoms. The van der Waals surface area contributed by atoms with E-state index in [1.807, 2.05) is 24.4 Å². The summed E-state index contributed by atoms with van der Waals surface area (Å²) < 4.78 is 1.25. The number of rotatable bonds is 6. The summed E-state index contributed by atoms with van der Waals surface area (Å²) in [6.07, 6.45) is 0.649. The Hall–Kier alpha value is -3.33. The first kappa shape index (κ1) is 19.4. The number of nitrogens with one attached hydrogen (secondary N) is 1. The molecule has 1 atom stereocenters. The van der Waals surface area contributed by atoms with E-state index in [2.05, 4.69) is 10.4 Å². The van der Waals surface area contributed by atoms with Gasteiger partial charge in [0.05, 0.1) is 11.0 Å². The van der Waals surface area contributed by atoms with Crippen LogP contribution in [0.1, 0.15) is 40.4 Å². The summed E-state index contributed by atoms with van der Waals surface area (Å²) >= 11 is 1.51. The molecule has 1 aromatic carbocycles. The molecule has 0 aliphatic carbocycles. The Bertz CT molecular complexity index is 1080. The van der Waals surface area contributed by atoms with Gasteiger partial charge in [-0.05, 0) is 30.9 Å². The summed E-state index contributed by atoms with van der Waals surface area (Å²) in [5, 5.41) is 20.2. The maximum absolute atomic E-state index is 12.7. The number of nitrogens with zero attached hydrogens (tertiary/aromatic N) is 3. The maximum Gasteiger partial charge on any atom is 0.294 e. The van der Waals surface area contributed by atoms with Crippen LogP contribution in [0.15, 0.2) is 52.6 Å². The van der Waals surface area contributed by atoms with Crippen LogP contribution in [0.25, 0.3) is 5.69 Å². The second kappa shape index (κ2) is 8.13. The predicted octanol–water partition coefficient (Wildman–Crippen LogP) is 3.39. The van der Waals surface area contributed by atoms with Gasteiger partial charge in [0.25, 0.3) is 11.6 Å². The molecule has 0 radical (unpaired) electrons. The fourth-order valence-electron chi connectivity index (χ4n) is 2.84. The average Bonchev–Trinajstić information content (AvgIpc) is 3.20. The van der Waals surface area contributed by atoms with Crippen LogP contribution in [-0.2, 0) is 0 Å². The second-order valence-electron chi connectivity index (χ2n) is 6.11. The molecule has 8 nitrogen and oxygen atoms in total. The van der Waals surface area contributed by atoms with Gasteiger partial charge in [-0.1, -0.05) is 25.1 Å². The molecule has 0 spiro atoms. The van der Waals surface area contributed by atoms with Crippen LogP contribution in [0.4, 0.5) is 5.69 Å². The van der Waals surface area contributed by atoms with E-state index in [1.54, 1.807) is 19.1 Å². The van der Waals surface area contributed by atoms with Gasteiger partial charge in [-0.15, -0.1) is 11.3 Å². The third-order valence-corrected chi connectivity index (χ3v) is 5.22. The van der Waals surface area contributed by atoms with Gasteiger partial charge in [-0.2, -0.15) is 5.10 Å². The van der Waals surface area contributed by atoms with Gasteiger partial charge in [-0.3, -0.25) is 19.7 Å². The molecule has 2 aromatic heterocycles. The number of carbonyl (C=O) groups is 1. The number of carbonyl (C=O) groups excluding carboxylic acids is 1. The van der Waals surface area contributed by atoms with Gasteiger partial charge < -0.3 is 5.32 Å². The van der Waals surface area contributed by atoms with Crippen molar-refractivity contribution in [1.29, 1.82) is 0 Å². The highest BCUT2D eigenvalue weighted by Crippen LogP contribution is 2.23. The molecule has 1 unspecified atom stereocenters. The van der Waals surface area contributed by atoms with Crippen LogP contribution in [0.3, 0.4) is 0 Å². The first-order valence-corrected chi connectivity index (χ1v) is 9.49. The number of hydrogen-bond acceptors (Lipinski definition) is 6. The number of benzene rings is 1. The van der Waals surface area contributed by atoms with E-state index in [4.69, 9.17) is 0 Å². The van der Waals surface area contributed by atoms with Crippen molar-refractivity contribution < 1.29 is 9.72 Å². The summed E-state index contributed by atoms with van der Waals surface area (Å²) in [4.78, 5) is 36.9. The first-order valence-electron chi connectivity index (χ1n) is 8.61. The summed E-state index contributed by atoms with van der Waals surface area (Å²) in [5.41, 5.74) is -0.437. The largest absolute Gasteiger partial charge is 0.343 e. The molecular formula is C19H18N4O4S. The van der Waals surface area contributed by atoms with E-state index >= 15 is 0 Å². The minimum Gasteiger partial charge on any atom is -0.343 e. The zero-order valence-corrected chi connectivity index (χ0v) is 16.1. The van der Waals surface area contributed by atoms with Crippen LogP contribution in [0.5, 0.6) is 0 Å². The fourth-order valence-corrected chi connectivity index (χ4v) is 3.70. The summed E-state index contributed by atoms with van der Waals surface area (Å²) in [5.74, 6) is -0.613. The lowest BCUT2D eigenvalue weighted by Gasteiger charge is -2.16. The van der Waals surface area contributed by atoms with E-state index < -0.39 is 16.3 Å². The van der Waals surface area contributed by atoms with Gasteiger partial charge in [-0.25, -0.2) is 4.68 Å². The molecule has 3 aromatic rings. The van der Waals surface area contributed by atoms with Crippen LogP contribution >= 0.6 is 11.3 Å². The second-order valence-corrected chi connectivity index (χ2v) is 7.09. The minimum absolute atomic E-state index is 0.168. The number of aryl methyl sites for hydroxylation is 1. The standard InChI is InChI=1S/C19H18N4O4S/c1-3-13(17-9-6-10-28-17)20-19(25)18-16(24)11-12(2)22(21-18)14-7-4-5-8-15(14)23(26)27/h4-11,13H,3H2,1-2H3,(H,20,25). The fraction of sp³-hybridized carbons (Fsp3) is 0.211. The molecule has 1 N–H and O–H groups in total. The SMILES string of the molecule is CCC(NC(=O)c1nn(-c2ccccc2[N+](=O)[O-])c(C)cc1=O)c1cccs1. The van der Waals surface area contributed by atoms with Gasteiger partial charge >= 0.3 is 0 Å². The summed E-state index contributed by atoms with van der Waals surface area (Å²) in [6.45, 7) is 3.53. The van der Waals surface area contributed by atoms with Gasteiger partial charge in [0.2, 0.25) is 5.43 Å². The number of nitro groups is 1. The number of nitro benzene ring substituents is 1. The Kier molecular flexibility index (Phi) is 5.65. The summed E-state index contributed by atoms with van der Waals surface area (Å²) in [7, 11) is 0. The van der Waals surface area contributed by atoms with E-state index in [0.29, 0.717) is 12.1 Å². The molecule has 0 saturated carbocycles. The molecule has 0 aliphatic heterocycles. The van der Waals surface area contributed by atoms with Crippen molar-refractivity contribution in [1.82, 2.24) is 15.1 Å². The Morgan fingerprint density at radius 1 is 1.32 bits per heavy atom. The van der Waals surface area contributed by atoms with Crippen molar-refractivity contribution >= 4 is 22.9 Å². The Labute approximate surface area is 164 Å². The topological polar surface area (TPSA) is 107 Å². The lowest BCUT2D eigenvalue weighted by molar-refractivity contribution is -0.384. The highest BCUT2D eigenvalue weighted by Gasteiger charge is 2.22. The molecule has 9 heteroatoms. The van der Waals surface area contributed by atoms with E-state index in [1.165, 1.54) is 34.2 Å². The predicted molar refractivity (Wildman–Crippen MR) is 106 cm³/mol. The highest BCUT2D eigenvalue weighted by molar-refractivity contribution is 7.10. The molecular weight excluding hydrogens is 380 g/mol. The Morgan fingerprint density at radius 3 is 2.71 bits per heavy atom. The third kappa shape index (κ3) is 3.84. The van der Waals surface area contributed by atoms with Gasteiger partial charge in [0.15, 0.2) is 5.69 Å². The molecule has 3 rings (SSSR count). The molecule has 2 heterocycles. The summed E-state index contributed by atoms with van der Waals surface area (Å²) in [6, 6.07) is 10.8. The van der Waals surface area contributed by atoms with E-state index in [9.17, 15) is 19.7 Å². The lowest BCUT2D eigenvalue weighted by atomic mass is 10.2. The number of amides is 1.